The number of hydrogen-bond acceptors (Lipinski definition) is 7. The average molecular weight is 351 g/mol. The van der Waals surface area contributed by atoms with Gasteiger partial charge in [-0.25, -0.2) is 19.6 Å². The van der Waals surface area contributed by atoms with Gasteiger partial charge in [0.05, 0.1) is 12.0 Å². The second-order valence-corrected chi connectivity index (χ2v) is 6.84. The molecular formula is C16H21N3O4S. The molecule has 130 valence electrons. The van der Waals surface area contributed by atoms with Gasteiger partial charge in [0.25, 0.3) is 0 Å². The van der Waals surface area contributed by atoms with E-state index in [0.717, 1.165) is 0 Å². The van der Waals surface area contributed by atoms with Crippen LogP contribution in [0.15, 0.2) is 6.33 Å². The predicted molar refractivity (Wildman–Crippen MR) is 92.6 cm³/mol. The first kappa shape index (κ1) is 18.1. The molecular weight excluding hydrogens is 330 g/mol. The molecule has 0 saturated carbocycles. The summed E-state index contributed by atoms with van der Waals surface area (Å²) in [7, 11) is 0. The quantitative estimate of drug-likeness (QED) is 0.739. The van der Waals surface area contributed by atoms with E-state index in [2.05, 4.69) is 15.3 Å². The van der Waals surface area contributed by atoms with Crippen molar-refractivity contribution < 1.29 is 19.4 Å². The average Bonchev–Trinajstić information content (AvgIpc) is 2.84. The fraction of sp³-hybridized carbons (Fsp3) is 0.500. The number of aromatic nitrogens is 2. The molecule has 7 nitrogen and oxygen atoms in total. The third-order valence-corrected chi connectivity index (χ3v) is 4.68. The highest BCUT2D eigenvalue weighted by Gasteiger charge is 2.24. The number of carboxylic acids is 1. The summed E-state index contributed by atoms with van der Waals surface area (Å²) in [6, 6.07) is -0.756. The van der Waals surface area contributed by atoms with Crippen molar-refractivity contribution in [1.82, 2.24) is 9.97 Å². The smallest absolute Gasteiger partial charge is 0.348 e. The SMILES string of the molecule is CCOC(=O)c1sc2ncnc(NC(CC(C)C)C(=O)O)c2c1C. The summed E-state index contributed by atoms with van der Waals surface area (Å²) in [5, 5.41) is 13.1. The normalized spacial score (nSPS) is 12.4. The van der Waals surface area contributed by atoms with Gasteiger partial charge in [0.2, 0.25) is 0 Å². The van der Waals surface area contributed by atoms with E-state index in [9.17, 15) is 14.7 Å². The highest BCUT2D eigenvalue weighted by molar-refractivity contribution is 7.20. The maximum absolute atomic E-state index is 12.0. The number of esters is 1. The van der Waals surface area contributed by atoms with Crippen LogP contribution in [0, 0.1) is 12.8 Å². The fourth-order valence-corrected chi connectivity index (χ4v) is 3.47. The van der Waals surface area contributed by atoms with E-state index in [1.807, 2.05) is 13.8 Å². The lowest BCUT2D eigenvalue weighted by atomic mass is 10.0. The summed E-state index contributed by atoms with van der Waals surface area (Å²) in [4.78, 5) is 33.0. The molecule has 0 saturated heterocycles. The number of nitrogens with zero attached hydrogens (tertiary/aromatic N) is 2. The summed E-state index contributed by atoms with van der Waals surface area (Å²) < 4.78 is 5.06. The Bertz CT molecular complexity index is 757. The Morgan fingerprint density at radius 2 is 2.08 bits per heavy atom. The molecule has 1 atom stereocenters. The van der Waals surface area contributed by atoms with Crippen molar-refractivity contribution in [1.29, 1.82) is 0 Å². The summed E-state index contributed by atoms with van der Waals surface area (Å²) in [5.74, 6) is -0.693. The van der Waals surface area contributed by atoms with Gasteiger partial charge in [-0.15, -0.1) is 11.3 Å². The minimum absolute atomic E-state index is 0.217. The molecule has 0 aliphatic rings. The van der Waals surface area contributed by atoms with E-state index in [0.29, 0.717) is 39.5 Å². The molecule has 2 rings (SSSR count). The van der Waals surface area contributed by atoms with Crippen LogP contribution in [0.1, 0.15) is 42.4 Å². The number of aliphatic carboxylic acids is 1. The molecule has 8 heteroatoms. The number of carbonyl (C=O) groups excluding carboxylic acids is 1. The molecule has 0 aromatic carbocycles. The van der Waals surface area contributed by atoms with Crippen LogP contribution in [0.5, 0.6) is 0 Å². The van der Waals surface area contributed by atoms with Crippen LogP contribution in [-0.2, 0) is 9.53 Å². The van der Waals surface area contributed by atoms with Crippen molar-refractivity contribution in [3.63, 3.8) is 0 Å². The van der Waals surface area contributed by atoms with Crippen molar-refractivity contribution >= 4 is 39.3 Å². The summed E-state index contributed by atoms with van der Waals surface area (Å²) in [6.07, 6.45) is 1.83. The van der Waals surface area contributed by atoms with E-state index < -0.39 is 18.0 Å². The third-order valence-electron chi connectivity index (χ3n) is 3.50. The van der Waals surface area contributed by atoms with E-state index in [1.54, 1.807) is 13.8 Å². The highest BCUT2D eigenvalue weighted by atomic mass is 32.1. The Kier molecular flexibility index (Phi) is 5.71. The van der Waals surface area contributed by atoms with Gasteiger partial charge in [-0.05, 0) is 31.7 Å². The number of rotatable bonds is 7. The number of carboxylic acid groups (broad SMARTS) is 1. The van der Waals surface area contributed by atoms with E-state index in [1.165, 1.54) is 17.7 Å². The van der Waals surface area contributed by atoms with Gasteiger partial charge in [-0.2, -0.15) is 0 Å². The van der Waals surface area contributed by atoms with Crippen LogP contribution in [0.3, 0.4) is 0 Å². The predicted octanol–water partition coefficient (Wildman–Crippen LogP) is 3.09. The van der Waals surface area contributed by atoms with Crippen molar-refractivity contribution in [2.75, 3.05) is 11.9 Å². The molecule has 1 unspecified atom stereocenters. The largest absolute Gasteiger partial charge is 0.480 e. The van der Waals surface area contributed by atoms with Crippen LogP contribution in [0.2, 0.25) is 0 Å². The second-order valence-electron chi connectivity index (χ2n) is 5.84. The monoisotopic (exact) mass is 351 g/mol. The molecule has 0 radical (unpaired) electrons. The van der Waals surface area contributed by atoms with E-state index >= 15 is 0 Å². The fourth-order valence-electron chi connectivity index (χ4n) is 2.43. The Morgan fingerprint density at radius 3 is 2.67 bits per heavy atom. The first-order chi connectivity index (χ1) is 11.3. The topological polar surface area (TPSA) is 101 Å². The summed E-state index contributed by atoms with van der Waals surface area (Å²) >= 11 is 1.22. The molecule has 0 amide bonds. The first-order valence-corrected chi connectivity index (χ1v) is 8.57. The number of hydrogen-bond donors (Lipinski definition) is 2. The van der Waals surface area contributed by atoms with E-state index in [4.69, 9.17) is 4.74 Å². The first-order valence-electron chi connectivity index (χ1n) is 7.75. The number of thiophene rings is 1. The minimum atomic E-state index is -0.936. The van der Waals surface area contributed by atoms with Gasteiger partial charge >= 0.3 is 11.9 Å². The summed E-state index contributed by atoms with van der Waals surface area (Å²) in [6.45, 7) is 7.75. The number of ether oxygens (including phenoxy) is 1. The van der Waals surface area contributed by atoms with Crippen LogP contribution in [0.25, 0.3) is 10.2 Å². The molecule has 0 aliphatic carbocycles. The molecule has 0 spiro atoms. The van der Waals surface area contributed by atoms with Gasteiger partial charge in [0.15, 0.2) is 0 Å². The maximum Gasteiger partial charge on any atom is 0.348 e. The van der Waals surface area contributed by atoms with Gasteiger partial charge in [0.1, 0.15) is 27.9 Å². The van der Waals surface area contributed by atoms with Crippen molar-refractivity contribution in [2.24, 2.45) is 5.92 Å². The molecule has 0 bridgehead atoms. The Labute approximate surface area is 144 Å². The Balaban J connectivity index is 2.44. The number of fused-ring (bicyclic) bond motifs is 1. The Morgan fingerprint density at radius 1 is 1.38 bits per heavy atom. The van der Waals surface area contributed by atoms with Gasteiger partial charge in [0, 0.05) is 0 Å². The van der Waals surface area contributed by atoms with Gasteiger partial charge < -0.3 is 15.2 Å². The van der Waals surface area contributed by atoms with E-state index in [-0.39, 0.29) is 5.92 Å². The van der Waals surface area contributed by atoms with Crippen molar-refractivity contribution in [3.05, 3.63) is 16.8 Å². The Hall–Kier alpha value is -2.22. The highest BCUT2D eigenvalue weighted by Crippen LogP contribution is 2.34. The lowest BCUT2D eigenvalue weighted by Gasteiger charge is -2.17. The summed E-state index contributed by atoms with van der Waals surface area (Å²) in [5.41, 5.74) is 0.699. The second kappa shape index (κ2) is 7.57. The number of nitrogens with one attached hydrogen (secondary N) is 1. The van der Waals surface area contributed by atoms with Crippen LogP contribution < -0.4 is 5.32 Å². The lowest BCUT2D eigenvalue weighted by Crippen LogP contribution is -2.31. The maximum atomic E-state index is 12.0. The van der Waals surface area contributed by atoms with Gasteiger partial charge in [-0.3, -0.25) is 0 Å². The van der Waals surface area contributed by atoms with Gasteiger partial charge in [-0.1, -0.05) is 13.8 Å². The van der Waals surface area contributed by atoms with Crippen LogP contribution in [-0.4, -0.2) is 39.7 Å². The third kappa shape index (κ3) is 3.81. The molecule has 0 fully saturated rings. The van der Waals surface area contributed by atoms with Crippen LogP contribution in [0.4, 0.5) is 5.82 Å². The standard InChI is InChI=1S/C16H21N3O4S/c1-5-23-16(22)12-9(4)11-13(17-7-18-14(11)24-12)19-10(15(20)21)6-8(2)3/h7-8,10H,5-6H2,1-4H3,(H,20,21)(H,17,18,19). The van der Waals surface area contributed by atoms with Crippen molar-refractivity contribution in [2.45, 2.75) is 40.2 Å². The van der Waals surface area contributed by atoms with Crippen molar-refractivity contribution in [3.8, 4) is 0 Å². The zero-order valence-corrected chi connectivity index (χ0v) is 14.9. The number of aryl methyl sites for hydroxylation is 1. The molecule has 2 heterocycles. The molecule has 0 aliphatic heterocycles. The molecule has 24 heavy (non-hydrogen) atoms. The zero-order chi connectivity index (χ0) is 17.9. The minimum Gasteiger partial charge on any atom is -0.480 e. The molecule has 2 N–H and O–H groups in total. The lowest BCUT2D eigenvalue weighted by molar-refractivity contribution is -0.138. The molecule has 2 aromatic heterocycles. The zero-order valence-electron chi connectivity index (χ0n) is 14.1. The van der Waals surface area contributed by atoms with Crippen LogP contribution >= 0.6 is 11.3 Å². The molecule has 2 aromatic rings. The number of carbonyl (C=O) groups is 2. The number of anilines is 1.